The molecular formula is C14H11O2PS. The SMILES string of the molecule is O=[P+]([S-])OCC1c2ccccc2-c2ccccc21. The van der Waals surface area contributed by atoms with E-state index in [-0.39, 0.29) is 5.92 Å². The molecule has 0 amide bonds. The molecule has 2 nitrogen and oxygen atoms in total. The molecule has 0 fully saturated rings. The fourth-order valence-electron chi connectivity index (χ4n) is 2.57. The molecule has 90 valence electrons. The summed E-state index contributed by atoms with van der Waals surface area (Å²) in [5.41, 5.74) is 4.93. The van der Waals surface area contributed by atoms with Crippen molar-refractivity contribution in [2.75, 3.05) is 6.61 Å². The van der Waals surface area contributed by atoms with E-state index in [0.717, 1.165) is 0 Å². The molecule has 0 aromatic heterocycles. The maximum Gasteiger partial charge on any atom is 0.372 e. The predicted octanol–water partition coefficient (Wildman–Crippen LogP) is 4.02. The van der Waals surface area contributed by atoms with Crippen molar-refractivity contribution in [1.29, 1.82) is 0 Å². The average Bonchev–Trinajstić information content (AvgIpc) is 2.71. The Morgan fingerprint density at radius 1 is 1.00 bits per heavy atom. The van der Waals surface area contributed by atoms with Crippen molar-refractivity contribution in [2.45, 2.75) is 5.92 Å². The van der Waals surface area contributed by atoms with Crippen LogP contribution in [0.3, 0.4) is 0 Å². The molecule has 1 unspecified atom stereocenters. The van der Waals surface area contributed by atoms with Crippen molar-refractivity contribution in [1.82, 2.24) is 0 Å². The van der Waals surface area contributed by atoms with Crippen LogP contribution in [-0.2, 0) is 21.3 Å². The van der Waals surface area contributed by atoms with Gasteiger partial charge in [0.15, 0.2) is 0 Å². The first-order chi connectivity index (χ1) is 8.77. The van der Waals surface area contributed by atoms with E-state index in [1.165, 1.54) is 22.3 Å². The van der Waals surface area contributed by atoms with Crippen LogP contribution in [0.2, 0.25) is 0 Å². The van der Waals surface area contributed by atoms with Crippen LogP contribution in [0.1, 0.15) is 17.0 Å². The molecule has 2 aromatic rings. The summed E-state index contributed by atoms with van der Waals surface area (Å²) in [5, 5.41) is 0. The Labute approximate surface area is 112 Å². The Kier molecular flexibility index (Phi) is 3.21. The highest BCUT2D eigenvalue weighted by Gasteiger charge is 2.29. The molecule has 0 radical (unpaired) electrons. The van der Waals surface area contributed by atoms with Crippen molar-refractivity contribution in [3.8, 4) is 11.1 Å². The van der Waals surface area contributed by atoms with Crippen LogP contribution in [-0.4, -0.2) is 6.61 Å². The van der Waals surface area contributed by atoms with E-state index < -0.39 is 7.23 Å². The summed E-state index contributed by atoms with van der Waals surface area (Å²) in [7, 11) is -1.96. The molecule has 0 N–H and O–H groups in total. The minimum atomic E-state index is -1.96. The van der Waals surface area contributed by atoms with Crippen molar-refractivity contribution >= 4 is 19.5 Å². The highest BCUT2D eigenvalue weighted by atomic mass is 32.7. The smallest absolute Gasteiger partial charge is 0.372 e. The lowest BCUT2D eigenvalue weighted by molar-refractivity contribution is 0.326. The topological polar surface area (TPSA) is 26.3 Å². The predicted molar refractivity (Wildman–Crippen MR) is 74.6 cm³/mol. The Bertz CT molecular complexity index is 567. The first kappa shape index (κ1) is 11.9. The second-order valence-electron chi connectivity index (χ2n) is 4.25. The molecule has 0 saturated carbocycles. The third-order valence-corrected chi connectivity index (χ3v) is 3.99. The molecular weight excluding hydrogens is 263 g/mol. The first-order valence-corrected chi connectivity index (χ1v) is 7.92. The van der Waals surface area contributed by atoms with E-state index >= 15 is 0 Å². The van der Waals surface area contributed by atoms with Gasteiger partial charge in [0, 0.05) is 5.92 Å². The van der Waals surface area contributed by atoms with Gasteiger partial charge in [0.25, 0.3) is 0 Å². The maximum atomic E-state index is 11.0. The minimum absolute atomic E-state index is 0.138. The largest absolute Gasteiger partial charge is 0.408 e. The Morgan fingerprint density at radius 3 is 2.00 bits per heavy atom. The Morgan fingerprint density at radius 2 is 1.50 bits per heavy atom. The molecule has 3 rings (SSSR count). The monoisotopic (exact) mass is 274 g/mol. The third-order valence-electron chi connectivity index (χ3n) is 3.31. The fourth-order valence-corrected chi connectivity index (χ4v) is 3.03. The van der Waals surface area contributed by atoms with Crippen molar-refractivity contribution in [3.05, 3.63) is 59.7 Å². The lowest BCUT2D eigenvalue weighted by Gasteiger charge is -2.09. The number of benzene rings is 2. The summed E-state index contributed by atoms with van der Waals surface area (Å²) in [4.78, 5) is 0. The third kappa shape index (κ3) is 1.99. The molecule has 2 aromatic carbocycles. The summed E-state index contributed by atoms with van der Waals surface area (Å²) in [5.74, 6) is 0.138. The molecule has 0 aliphatic heterocycles. The molecule has 4 heteroatoms. The van der Waals surface area contributed by atoms with Crippen LogP contribution in [0.5, 0.6) is 0 Å². The lowest BCUT2D eigenvalue weighted by Crippen LogP contribution is -2.03. The standard InChI is InChI=1S/C14H11O2PS/c15-17(18)16-9-14-12-7-3-1-5-10(12)11-6-2-4-8-13(11)14/h1-8,14H,9H2. The van der Waals surface area contributed by atoms with Crippen LogP contribution in [0.4, 0.5) is 0 Å². The van der Waals surface area contributed by atoms with Gasteiger partial charge in [-0.25, -0.2) is 0 Å². The van der Waals surface area contributed by atoms with Gasteiger partial charge in [0.05, 0.1) is 0 Å². The van der Waals surface area contributed by atoms with E-state index in [4.69, 9.17) is 4.52 Å². The van der Waals surface area contributed by atoms with E-state index in [1.807, 2.05) is 24.3 Å². The average molecular weight is 274 g/mol. The molecule has 0 bridgehead atoms. The van der Waals surface area contributed by atoms with Crippen molar-refractivity contribution < 1.29 is 9.09 Å². The van der Waals surface area contributed by atoms with Crippen LogP contribution >= 0.6 is 7.23 Å². The quantitative estimate of drug-likeness (QED) is 0.624. The summed E-state index contributed by atoms with van der Waals surface area (Å²) in [6.45, 7) is 0.382. The van der Waals surface area contributed by atoms with Gasteiger partial charge < -0.3 is 12.2 Å². The second kappa shape index (κ2) is 4.85. The van der Waals surface area contributed by atoms with Crippen molar-refractivity contribution in [2.24, 2.45) is 0 Å². The van der Waals surface area contributed by atoms with Gasteiger partial charge >= 0.3 is 7.23 Å². The summed E-state index contributed by atoms with van der Waals surface area (Å²) in [6.07, 6.45) is 0. The van der Waals surface area contributed by atoms with Crippen LogP contribution in [0, 0.1) is 0 Å². The highest BCUT2D eigenvalue weighted by Crippen LogP contribution is 2.45. The summed E-state index contributed by atoms with van der Waals surface area (Å²) < 4.78 is 16.1. The number of hydrogen-bond acceptors (Lipinski definition) is 3. The van der Waals surface area contributed by atoms with Crippen LogP contribution in [0.15, 0.2) is 48.5 Å². The van der Waals surface area contributed by atoms with E-state index in [9.17, 15) is 4.57 Å². The van der Waals surface area contributed by atoms with Gasteiger partial charge in [0.1, 0.15) is 6.61 Å². The van der Waals surface area contributed by atoms with E-state index in [2.05, 4.69) is 36.5 Å². The first-order valence-electron chi connectivity index (χ1n) is 5.73. The molecule has 0 saturated heterocycles. The molecule has 1 atom stereocenters. The van der Waals surface area contributed by atoms with E-state index in [1.54, 1.807) is 0 Å². The normalized spacial score (nSPS) is 14.2. The van der Waals surface area contributed by atoms with Gasteiger partial charge in [-0.2, -0.15) is 4.52 Å². The van der Waals surface area contributed by atoms with Crippen LogP contribution in [0.25, 0.3) is 11.1 Å². The molecule has 0 heterocycles. The van der Waals surface area contributed by atoms with Gasteiger partial charge in [-0.1, -0.05) is 53.1 Å². The van der Waals surface area contributed by atoms with Gasteiger partial charge in [-0.3, -0.25) is 0 Å². The maximum absolute atomic E-state index is 11.0. The van der Waals surface area contributed by atoms with Gasteiger partial charge in [-0.05, 0) is 22.3 Å². The van der Waals surface area contributed by atoms with Crippen molar-refractivity contribution in [3.63, 3.8) is 0 Å². The molecule has 0 spiro atoms. The zero-order valence-corrected chi connectivity index (χ0v) is 11.3. The Balaban J connectivity index is 2.06. The molecule has 1 aliphatic carbocycles. The van der Waals surface area contributed by atoms with E-state index in [0.29, 0.717) is 6.61 Å². The van der Waals surface area contributed by atoms with Gasteiger partial charge in [-0.15, -0.1) is 0 Å². The van der Waals surface area contributed by atoms with Crippen LogP contribution < -0.4 is 0 Å². The summed E-state index contributed by atoms with van der Waals surface area (Å²) in [6, 6.07) is 16.5. The second-order valence-corrected chi connectivity index (χ2v) is 5.85. The lowest BCUT2D eigenvalue weighted by atomic mass is 9.98. The Hall–Kier alpha value is -1.15. The summed E-state index contributed by atoms with van der Waals surface area (Å²) >= 11 is 4.60. The minimum Gasteiger partial charge on any atom is -0.408 e. The zero-order valence-electron chi connectivity index (χ0n) is 9.58. The van der Waals surface area contributed by atoms with Gasteiger partial charge in [0.2, 0.25) is 0 Å². The zero-order chi connectivity index (χ0) is 12.5. The number of rotatable bonds is 3. The molecule has 18 heavy (non-hydrogen) atoms. The number of fused-ring (bicyclic) bond motifs is 3. The fraction of sp³-hybridized carbons (Fsp3) is 0.143. The molecule has 1 aliphatic rings. The number of hydrogen-bond donors (Lipinski definition) is 0. The highest BCUT2D eigenvalue weighted by molar-refractivity contribution is 8.25.